The smallest absolute Gasteiger partial charge is 0.0285 e. The van der Waals surface area contributed by atoms with Gasteiger partial charge in [0.2, 0.25) is 0 Å². The molecule has 1 rings (SSSR count). The van der Waals surface area contributed by atoms with Gasteiger partial charge in [0.1, 0.15) is 0 Å². The fourth-order valence-corrected chi connectivity index (χ4v) is 5.14. The molecule has 0 aromatic carbocycles. The number of alkyl halides is 3. The summed E-state index contributed by atoms with van der Waals surface area (Å²) in [5.41, 5.74) is 6.26. The summed E-state index contributed by atoms with van der Waals surface area (Å²) in [5.74, 6) is 0.592. The molecule has 0 bridgehead atoms. The molecule has 1 aliphatic rings. The molecule has 3 heteroatoms. The van der Waals surface area contributed by atoms with Crippen LogP contribution in [-0.2, 0) is 0 Å². The molecule has 0 N–H and O–H groups in total. The van der Waals surface area contributed by atoms with Gasteiger partial charge < -0.3 is 0 Å². The van der Waals surface area contributed by atoms with Crippen LogP contribution in [0.1, 0.15) is 27.7 Å². The molecule has 16 heavy (non-hydrogen) atoms. The minimum absolute atomic E-state index is 0.242. The number of hydrogen-bond donors (Lipinski definition) is 0. The Hall–Kier alpha value is 0.920. The minimum Gasteiger partial charge on any atom is -0.0918 e. The van der Waals surface area contributed by atoms with E-state index in [1.807, 2.05) is 0 Å². The second-order valence-electron chi connectivity index (χ2n) is 4.79. The van der Waals surface area contributed by atoms with Gasteiger partial charge in [0.25, 0.3) is 0 Å². The summed E-state index contributed by atoms with van der Waals surface area (Å²) in [6, 6.07) is 0. The number of allylic oxidation sites excluding steroid dienone is 4. The molecular formula is C13H19Br3. The van der Waals surface area contributed by atoms with E-state index in [1.165, 1.54) is 16.7 Å². The van der Waals surface area contributed by atoms with E-state index < -0.39 is 0 Å². The van der Waals surface area contributed by atoms with E-state index >= 15 is 0 Å². The number of hydrogen-bond acceptors (Lipinski definition) is 0. The molecule has 92 valence electrons. The second kappa shape index (κ2) is 5.71. The van der Waals surface area contributed by atoms with Gasteiger partial charge in [-0.15, -0.1) is 0 Å². The van der Waals surface area contributed by atoms with Crippen LogP contribution in [0.4, 0.5) is 0 Å². The monoisotopic (exact) mass is 412 g/mol. The molecule has 0 saturated heterocycles. The lowest BCUT2D eigenvalue weighted by molar-refractivity contribution is 0.328. The second-order valence-corrected chi connectivity index (χ2v) is 6.48. The molecule has 2 unspecified atom stereocenters. The van der Waals surface area contributed by atoms with Crippen LogP contribution in [0.2, 0.25) is 0 Å². The zero-order valence-corrected chi connectivity index (χ0v) is 15.1. The van der Waals surface area contributed by atoms with E-state index in [-0.39, 0.29) is 5.41 Å². The SMILES string of the molecule is CC1=C(CBr)C(C)C(C)(CBr)C(C)=C1CBr. The first-order chi connectivity index (χ1) is 7.43. The van der Waals surface area contributed by atoms with Gasteiger partial charge in [0.15, 0.2) is 0 Å². The molecule has 0 heterocycles. The molecule has 0 fully saturated rings. The molecule has 0 spiro atoms. The van der Waals surface area contributed by atoms with E-state index in [0.717, 1.165) is 16.0 Å². The van der Waals surface area contributed by atoms with E-state index in [4.69, 9.17) is 0 Å². The van der Waals surface area contributed by atoms with Crippen molar-refractivity contribution in [3.05, 3.63) is 22.3 Å². The summed E-state index contributed by atoms with van der Waals surface area (Å²) in [7, 11) is 0. The quantitative estimate of drug-likeness (QED) is 0.538. The topological polar surface area (TPSA) is 0 Å². The fourth-order valence-electron chi connectivity index (χ4n) is 2.49. The van der Waals surface area contributed by atoms with Gasteiger partial charge in [0.05, 0.1) is 0 Å². The molecule has 0 saturated carbocycles. The first kappa shape index (κ1) is 15.0. The Morgan fingerprint density at radius 1 is 1.12 bits per heavy atom. The highest BCUT2D eigenvalue weighted by atomic mass is 79.9. The lowest BCUT2D eigenvalue weighted by atomic mass is 9.65. The lowest BCUT2D eigenvalue weighted by Gasteiger charge is -2.42. The molecule has 0 radical (unpaired) electrons. The summed E-state index contributed by atoms with van der Waals surface area (Å²) in [5, 5.41) is 2.95. The van der Waals surface area contributed by atoms with E-state index in [1.54, 1.807) is 5.57 Å². The Morgan fingerprint density at radius 3 is 2.06 bits per heavy atom. The Morgan fingerprint density at radius 2 is 1.69 bits per heavy atom. The predicted molar refractivity (Wildman–Crippen MR) is 84.1 cm³/mol. The van der Waals surface area contributed by atoms with Crippen molar-refractivity contribution in [2.24, 2.45) is 11.3 Å². The van der Waals surface area contributed by atoms with Gasteiger partial charge in [-0.25, -0.2) is 0 Å². The summed E-state index contributed by atoms with van der Waals surface area (Å²) < 4.78 is 0. The van der Waals surface area contributed by atoms with Crippen LogP contribution in [0, 0.1) is 11.3 Å². The van der Waals surface area contributed by atoms with E-state index in [2.05, 4.69) is 75.5 Å². The summed E-state index contributed by atoms with van der Waals surface area (Å²) in [6.45, 7) is 9.24. The van der Waals surface area contributed by atoms with Crippen molar-refractivity contribution in [2.45, 2.75) is 27.7 Å². The third kappa shape index (κ3) is 2.24. The third-order valence-corrected chi connectivity index (χ3v) is 6.61. The molecule has 2 atom stereocenters. The molecular weight excluding hydrogens is 396 g/mol. The van der Waals surface area contributed by atoms with Crippen molar-refractivity contribution in [3.8, 4) is 0 Å². The summed E-state index contributed by atoms with van der Waals surface area (Å²) in [4.78, 5) is 0. The summed E-state index contributed by atoms with van der Waals surface area (Å²) >= 11 is 11.0. The number of rotatable bonds is 3. The minimum atomic E-state index is 0.242. The maximum atomic E-state index is 3.69. The predicted octanol–water partition coefficient (Wildman–Crippen LogP) is 5.46. The standard InChI is InChI=1S/C13H19Br3/c1-8-11(5-14)9(2)13(4,7-16)10(3)12(8)6-15/h9H,5-7H2,1-4H3. The summed E-state index contributed by atoms with van der Waals surface area (Å²) in [6.07, 6.45) is 0. The average molecular weight is 415 g/mol. The molecule has 0 aromatic heterocycles. The van der Waals surface area contributed by atoms with Crippen LogP contribution in [0.5, 0.6) is 0 Å². The number of halogens is 3. The average Bonchev–Trinajstić information content (AvgIpc) is 2.28. The zero-order valence-electron chi connectivity index (χ0n) is 10.3. The third-order valence-electron chi connectivity index (χ3n) is 4.28. The van der Waals surface area contributed by atoms with Crippen LogP contribution in [0.25, 0.3) is 0 Å². The normalized spacial score (nSPS) is 31.3. The van der Waals surface area contributed by atoms with Gasteiger partial charge in [-0.3, -0.25) is 0 Å². The van der Waals surface area contributed by atoms with Crippen molar-refractivity contribution < 1.29 is 0 Å². The maximum Gasteiger partial charge on any atom is 0.0285 e. The van der Waals surface area contributed by atoms with Crippen LogP contribution in [0.3, 0.4) is 0 Å². The van der Waals surface area contributed by atoms with E-state index in [0.29, 0.717) is 5.92 Å². The van der Waals surface area contributed by atoms with Crippen molar-refractivity contribution in [1.29, 1.82) is 0 Å². The van der Waals surface area contributed by atoms with Crippen molar-refractivity contribution in [1.82, 2.24) is 0 Å². The van der Waals surface area contributed by atoms with Crippen molar-refractivity contribution in [3.63, 3.8) is 0 Å². The Kier molecular flexibility index (Phi) is 5.34. The van der Waals surface area contributed by atoms with Gasteiger partial charge in [-0.2, -0.15) is 0 Å². The maximum absolute atomic E-state index is 3.69. The largest absolute Gasteiger partial charge is 0.0918 e. The van der Waals surface area contributed by atoms with Crippen molar-refractivity contribution >= 4 is 47.8 Å². The first-order valence-corrected chi connectivity index (χ1v) is 8.88. The Bertz CT molecular complexity index is 341. The Labute approximate surface area is 124 Å². The zero-order chi connectivity index (χ0) is 12.5. The molecule has 0 aliphatic heterocycles. The van der Waals surface area contributed by atoms with Crippen LogP contribution < -0.4 is 0 Å². The van der Waals surface area contributed by atoms with Crippen molar-refractivity contribution in [2.75, 3.05) is 16.0 Å². The van der Waals surface area contributed by atoms with Gasteiger partial charge in [0, 0.05) is 21.4 Å². The molecule has 0 aromatic rings. The Balaban J connectivity index is 3.39. The van der Waals surface area contributed by atoms with Crippen LogP contribution in [-0.4, -0.2) is 16.0 Å². The molecule has 0 nitrogen and oxygen atoms in total. The van der Waals surface area contributed by atoms with Gasteiger partial charge in [-0.05, 0) is 30.9 Å². The highest BCUT2D eigenvalue weighted by Gasteiger charge is 2.39. The van der Waals surface area contributed by atoms with E-state index in [9.17, 15) is 0 Å². The van der Waals surface area contributed by atoms with Gasteiger partial charge >= 0.3 is 0 Å². The fraction of sp³-hybridized carbons (Fsp3) is 0.692. The lowest BCUT2D eigenvalue weighted by Crippen LogP contribution is -2.35. The highest BCUT2D eigenvalue weighted by molar-refractivity contribution is 9.09. The highest BCUT2D eigenvalue weighted by Crippen LogP contribution is 2.48. The molecule has 1 aliphatic carbocycles. The van der Waals surface area contributed by atoms with Crippen LogP contribution in [0.15, 0.2) is 22.3 Å². The van der Waals surface area contributed by atoms with Crippen LogP contribution >= 0.6 is 47.8 Å². The molecule has 0 amide bonds. The first-order valence-electron chi connectivity index (χ1n) is 5.52. The van der Waals surface area contributed by atoms with Gasteiger partial charge in [-0.1, -0.05) is 72.8 Å².